The van der Waals surface area contributed by atoms with E-state index < -0.39 is 46.1 Å². The summed E-state index contributed by atoms with van der Waals surface area (Å²) < 4.78 is 57.5. The molecule has 2 fully saturated rings. The third kappa shape index (κ3) is 6.92. The molecule has 3 aliphatic rings. The van der Waals surface area contributed by atoms with Gasteiger partial charge in [-0.1, -0.05) is 24.6 Å². The van der Waals surface area contributed by atoms with Crippen molar-refractivity contribution in [2.45, 2.75) is 96.1 Å². The highest BCUT2D eigenvalue weighted by Gasteiger charge is 2.51. The number of likely N-dealkylation sites (tertiary alicyclic amines) is 1. The van der Waals surface area contributed by atoms with Crippen molar-refractivity contribution in [2.24, 2.45) is 5.41 Å². The molecule has 14 heteroatoms. The Morgan fingerprint density at radius 3 is 2.52 bits per heavy atom. The third-order valence-corrected chi connectivity index (χ3v) is 12.3. The Morgan fingerprint density at radius 2 is 1.83 bits per heavy atom. The zero-order valence-corrected chi connectivity index (χ0v) is 31.1. The molecule has 1 spiro atoms. The van der Waals surface area contributed by atoms with Crippen LogP contribution in [0.5, 0.6) is 11.8 Å². The molecule has 1 N–H and O–H groups in total. The molecule has 1 aliphatic carbocycles. The Morgan fingerprint density at radius 1 is 1.08 bits per heavy atom. The topological polar surface area (TPSA) is 122 Å². The van der Waals surface area contributed by atoms with Gasteiger partial charge < -0.3 is 14.6 Å². The van der Waals surface area contributed by atoms with E-state index in [0.717, 1.165) is 54.7 Å². The largest absolute Gasteiger partial charge is 0.481 e. The molecule has 1 aromatic carbocycles. The van der Waals surface area contributed by atoms with Crippen LogP contribution in [0.3, 0.4) is 0 Å². The fourth-order valence-electron chi connectivity index (χ4n) is 7.54. The Bertz CT molecular complexity index is 2030. The summed E-state index contributed by atoms with van der Waals surface area (Å²) in [5.74, 6) is -1.31. The highest BCUT2D eigenvalue weighted by atomic mass is 32.2. The maximum Gasteiger partial charge on any atom is 0.310 e. The van der Waals surface area contributed by atoms with Gasteiger partial charge in [-0.05, 0) is 113 Å². The van der Waals surface area contributed by atoms with Gasteiger partial charge in [0, 0.05) is 30.8 Å². The number of hydrogen-bond donors (Lipinski definition) is 1. The lowest BCUT2D eigenvalue weighted by Crippen LogP contribution is -2.36. The average Bonchev–Trinajstić information content (AvgIpc) is 3.73. The second-order valence-corrected chi connectivity index (χ2v) is 16.5. The van der Waals surface area contributed by atoms with E-state index in [0.29, 0.717) is 47.5 Å². The maximum atomic E-state index is 14.4. The second-order valence-electron chi connectivity index (χ2n) is 15.1. The lowest BCUT2D eigenvalue weighted by Gasteiger charge is -2.33. The van der Waals surface area contributed by atoms with Crippen LogP contribution in [-0.4, -0.2) is 82.5 Å². The van der Waals surface area contributed by atoms with E-state index in [2.05, 4.69) is 15.1 Å². The number of carbonyl (C=O) groups is 1. The van der Waals surface area contributed by atoms with Crippen molar-refractivity contribution in [1.82, 2.24) is 28.8 Å². The summed E-state index contributed by atoms with van der Waals surface area (Å²) in [4.78, 5) is 20.5. The smallest absolute Gasteiger partial charge is 0.310 e. The fraction of sp³-hybridized carbons (Fsp3) is 0.526. The number of carboxylic acid groups (broad SMARTS) is 1. The van der Waals surface area contributed by atoms with Gasteiger partial charge in [0.2, 0.25) is 17.6 Å². The average molecular weight is 737 g/mol. The van der Waals surface area contributed by atoms with Crippen molar-refractivity contribution < 1.29 is 32.4 Å². The molecule has 11 nitrogen and oxygen atoms in total. The van der Waals surface area contributed by atoms with Crippen molar-refractivity contribution in [3.05, 3.63) is 75.7 Å². The van der Waals surface area contributed by atoms with Gasteiger partial charge in [0.05, 0.1) is 12.0 Å². The third-order valence-electron chi connectivity index (χ3n) is 10.9. The number of aromatic nitrogens is 4. The summed E-state index contributed by atoms with van der Waals surface area (Å²) >= 11 is 0. The van der Waals surface area contributed by atoms with Gasteiger partial charge in [-0.25, -0.2) is 17.3 Å². The summed E-state index contributed by atoms with van der Waals surface area (Å²) in [7, 11) is -1.60. The first-order valence-corrected chi connectivity index (χ1v) is 19.1. The number of aryl methyl sites for hydroxylation is 3. The number of hydrogen-bond acceptors (Lipinski definition) is 8. The molecule has 5 heterocycles. The van der Waals surface area contributed by atoms with Crippen LogP contribution in [0.1, 0.15) is 97.5 Å². The van der Waals surface area contributed by atoms with E-state index in [-0.39, 0.29) is 5.65 Å². The van der Waals surface area contributed by atoms with Gasteiger partial charge >= 0.3 is 5.97 Å². The summed E-state index contributed by atoms with van der Waals surface area (Å²) in [6.45, 7) is 13.2. The Hall–Kier alpha value is -4.01. The quantitative estimate of drug-likeness (QED) is 0.183. The lowest BCUT2D eigenvalue weighted by atomic mass is 9.70. The van der Waals surface area contributed by atoms with E-state index in [1.807, 2.05) is 42.4 Å². The molecule has 3 aromatic heterocycles. The fourth-order valence-corrected chi connectivity index (χ4v) is 8.94. The summed E-state index contributed by atoms with van der Waals surface area (Å²) in [5.41, 5.74) is 3.04. The number of fused-ring (bicyclic) bond motifs is 2. The highest BCUT2D eigenvalue weighted by molar-refractivity contribution is 7.82. The van der Waals surface area contributed by atoms with Gasteiger partial charge in [-0.3, -0.25) is 14.1 Å². The van der Waals surface area contributed by atoms with E-state index in [1.54, 1.807) is 26.8 Å². The first-order chi connectivity index (χ1) is 24.8. The Kier molecular flexibility index (Phi) is 9.85. The van der Waals surface area contributed by atoms with Crippen LogP contribution in [0.15, 0.2) is 41.4 Å². The van der Waals surface area contributed by atoms with E-state index in [1.165, 1.54) is 29.9 Å². The SMILES string of the molecule is Cc1ccc(C(c2ccn3c(C(F)F)nnc3c2C)C(C)(C)C(=O)O)cc1CN1CC2(CC2)Oc2nc(OCCN3CCCCC3)c(C)cc2S1=O. The molecule has 2 atom stereocenters. The molecular weight excluding hydrogens is 691 g/mol. The van der Waals surface area contributed by atoms with Gasteiger partial charge in [-0.2, -0.15) is 4.98 Å². The number of rotatable bonds is 11. The van der Waals surface area contributed by atoms with Crippen LogP contribution in [0.4, 0.5) is 8.78 Å². The molecule has 7 rings (SSSR count). The summed E-state index contributed by atoms with van der Waals surface area (Å²) in [5, 5.41) is 18.2. The van der Waals surface area contributed by atoms with Crippen LogP contribution in [0, 0.1) is 26.2 Å². The molecule has 2 unspecified atom stereocenters. The Balaban J connectivity index is 1.19. The number of nitrogens with zero attached hydrogens (tertiary/aromatic N) is 6. The predicted molar refractivity (Wildman–Crippen MR) is 191 cm³/mol. The minimum atomic E-state index is -2.81. The van der Waals surface area contributed by atoms with E-state index in [9.17, 15) is 22.9 Å². The number of aliphatic carboxylic acids is 1. The first-order valence-electron chi connectivity index (χ1n) is 18.0. The lowest BCUT2D eigenvalue weighted by molar-refractivity contribution is -0.147. The molecule has 1 saturated carbocycles. The summed E-state index contributed by atoms with van der Waals surface area (Å²) in [6.07, 6.45) is 4.00. The molecule has 2 aliphatic heterocycles. The normalized spacial score (nSPS) is 19.7. The molecule has 0 amide bonds. The van der Waals surface area contributed by atoms with Crippen LogP contribution >= 0.6 is 0 Å². The second kappa shape index (κ2) is 14.1. The zero-order valence-electron chi connectivity index (χ0n) is 30.3. The number of piperidine rings is 1. The van der Waals surface area contributed by atoms with Gasteiger partial charge in [-0.15, -0.1) is 10.2 Å². The van der Waals surface area contributed by atoms with Gasteiger partial charge in [0.1, 0.15) is 28.1 Å². The number of alkyl halides is 2. The van der Waals surface area contributed by atoms with Gasteiger partial charge in [0.25, 0.3) is 6.43 Å². The van der Waals surface area contributed by atoms with E-state index >= 15 is 0 Å². The van der Waals surface area contributed by atoms with Crippen molar-refractivity contribution >= 4 is 22.6 Å². The molecular formula is C38H46F2N6O5S. The van der Waals surface area contributed by atoms with Crippen LogP contribution < -0.4 is 9.47 Å². The Labute approximate surface area is 304 Å². The van der Waals surface area contributed by atoms with Crippen LogP contribution in [-0.2, 0) is 22.3 Å². The van der Waals surface area contributed by atoms with Crippen LogP contribution in [0.25, 0.3) is 5.65 Å². The molecule has 0 bridgehead atoms. The minimum absolute atomic E-state index is 0.249. The number of pyridine rings is 2. The highest BCUT2D eigenvalue weighted by Crippen LogP contribution is 2.47. The molecule has 278 valence electrons. The number of carboxylic acids is 1. The first kappa shape index (κ1) is 36.4. The van der Waals surface area contributed by atoms with Gasteiger partial charge in [0.15, 0.2) is 5.65 Å². The standard InChI is InChI=1S/C38H46F2N6O5S/c1-23-9-10-26(30(37(4,5)36(47)48)28-11-16-46-32(25(28)3)42-43-33(46)31(39)40)20-27(23)21-45-22-38(12-13-38)51-35-29(52(45)49)19-24(2)34(41-35)50-18-17-44-14-7-6-8-15-44/h9-11,16,19-20,30-31H,6-8,12-15,17-18,21-22H2,1-5H3,(H,47,48). The van der Waals surface area contributed by atoms with Crippen molar-refractivity contribution in [1.29, 1.82) is 0 Å². The molecule has 0 radical (unpaired) electrons. The number of ether oxygens (including phenoxy) is 2. The maximum absolute atomic E-state index is 14.4. The number of halogens is 2. The summed E-state index contributed by atoms with van der Waals surface area (Å²) in [6, 6.07) is 9.39. The molecule has 52 heavy (non-hydrogen) atoms. The molecule has 1 saturated heterocycles. The predicted octanol–water partition coefficient (Wildman–Crippen LogP) is 6.54. The number of benzene rings is 1. The van der Waals surface area contributed by atoms with Crippen molar-refractivity contribution in [3.8, 4) is 11.8 Å². The zero-order chi connectivity index (χ0) is 36.9. The van der Waals surface area contributed by atoms with E-state index in [4.69, 9.17) is 14.5 Å². The minimum Gasteiger partial charge on any atom is -0.481 e. The van der Waals surface area contributed by atoms with Crippen LogP contribution in [0.2, 0.25) is 0 Å². The van der Waals surface area contributed by atoms with Crippen molar-refractivity contribution in [2.75, 3.05) is 32.8 Å². The molecule has 4 aromatic rings. The monoisotopic (exact) mass is 736 g/mol. The van der Waals surface area contributed by atoms with Crippen molar-refractivity contribution in [3.63, 3.8) is 0 Å².